The van der Waals surface area contributed by atoms with E-state index in [9.17, 15) is 14.7 Å². The van der Waals surface area contributed by atoms with E-state index < -0.39 is 11.2 Å². The average Bonchev–Trinajstić information content (AvgIpc) is 3.05. The number of nitrogens with zero attached hydrogens (tertiary/aromatic N) is 3. The van der Waals surface area contributed by atoms with Crippen molar-refractivity contribution in [1.82, 2.24) is 14.1 Å². The van der Waals surface area contributed by atoms with Crippen molar-refractivity contribution in [2.75, 3.05) is 0 Å². The third-order valence-corrected chi connectivity index (χ3v) is 5.39. The topological polar surface area (TPSA) is 77.1 Å². The highest BCUT2D eigenvalue weighted by Crippen LogP contribution is 2.32. The molecule has 3 aromatic rings. The van der Waals surface area contributed by atoms with E-state index in [-0.39, 0.29) is 11.4 Å². The number of rotatable bonds is 7. The lowest BCUT2D eigenvalue weighted by Crippen LogP contribution is -2.40. The van der Waals surface area contributed by atoms with Gasteiger partial charge in [0.1, 0.15) is 10.6 Å². The Morgan fingerprint density at radius 3 is 2.50 bits per heavy atom. The van der Waals surface area contributed by atoms with E-state index in [0.717, 1.165) is 29.5 Å². The van der Waals surface area contributed by atoms with E-state index in [1.807, 2.05) is 31.2 Å². The molecule has 1 aromatic carbocycles. The van der Waals surface area contributed by atoms with Gasteiger partial charge in [-0.25, -0.2) is 9.78 Å². The summed E-state index contributed by atoms with van der Waals surface area (Å²) in [7, 11) is 0. The lowest BCUT2D eigenvalue weighted by atomic mass is 10.2. The first-order valence-electron chi connectivity index (χ1n) is 9.01. The molecule has 0 spiro atoms. The van der Waals surface area contributed by atoms with Crippen molar-refractivity contribution in [3.8, 4) is 16.5 Å². The summed E-state index contributed by atoms with van der Waals surface area (Å²) >= 11 is 1.35. The molecule has 0 unspecified atom stereocenters. The Kier molecular flexibility index (Phi) is 5.56. The maximum Gasteiger partial charge on any atom is 0.333 e. The first-order chi connectivity index (χ1) is 12.6. The van der Waals surface area contributed by atoms with Gasteiger partial charge in [0.15, 0.2) is 0 Å². The van der Waals surface area contributed by atoms with Gasteiger partial charge in [0.2, 0.25) is 5.88 Å². The van der Waals surface area contributed by atoms with Crippen LogP contribution in [0.5, 0.6) is 5.88 Å². The molecule has 3 rings (SSSR count). The number of aromatic nitrogens is 3. The molecule has 0 fully saturated rings. The SMILES string of the molecule is CCCCCn1c(=O)c(-c2nc3ccccc3s2)c(O)n(CCC)c1=O. The number of fused-ring (bicyclic) bond motifs is 1. The van der Waals surface area contributed by atoms with Gasteiger partial charge in [-0.05, 0) is 25.0 Å². The number of unbranched alkanes of at least 4 members (excludes halogenated alkanes) is 2. The minimum absolute atomic E-state index is 0.121. The largest absolute Gasteiger partial charge is 0.494 e. The summed E-state index contributed by atoms with van der Waals surface area (Å²) in [6.07, 6.45) is 3.37. The van der Waals surface area contributed by atoms with Crippen molar-refractivity contribution in [3.63, 3.8) is 0 Å². The third kappa shape index (κ3) is 3.31. The minimum Gasteiger partial charge on any atom is -0.494 e. The van der Waals surface area contributed by atoms with Gasteiger partial charge in [-0.2, -0.15) is 0 Å². The van der Waals surface area contributed by atoms with Gasteiger partial charge < -0.3 is 5.11 Å². The fourth-order valence-electron chi connectivity index (χ4n) is 3.00. The van der Waals surface area contributed by atoms with Gasteiger partial charge in [-0.1, -0.05) is 38.8 Å². The normalized spacial score (nSPS) is 11.3. The van der Waals surface area contributed by atoms with Crippen LogP contribution in [-0.2, 0) is 13.1 Å². The van der Waals surface area contributed by atoms with Crippen molar-refractivity contribution in [1.29, 1.82) is 0 Å². The molecule has 2 heterocycles. The molecule has 0 radical (unpaired) electrons. The Morgan fingerprint density at radius 1 is 1.04 bits per heavy atom. The smallest absolute Gasteiger partial charge is 0.333 e. The van der Waals surface area contributed by atoms with Crippen molar-refractivity contribution < 1.29 is 5.11 Å². The molecule has 0 aliphatic heterocycles. The second-order valence-corrected chi connectivity index (χ2v) is 7.31. The first-order valence-corrected chi connectivity index (χ1v) is 9.82. The predicted octanol–water partition coefficient (Wildman–Crippen LogP) is 3.59. The van der Waals surface area contributed by atoms with Crippen LogP contribution in [0, 0.1) is 0 Å². The minimum atomic E-state index is -0.463. The van der Waals surface area contributed by atoms with Gasteiger partial charge in [-0.3, -0.25) is 13.9 Å². The summed E-state index contributed by atoms with van der Waals surface area (Å²) < 4.78 is 3.47. The fraction of sp³-hybridized carbons (Fsp3) is 0.421. The van der Waals surface area contributed by atoms with Crippen molar-refractivity contribution in [2.45, 2.75) is 52.6 Å². The molecule has 0 amide bonds. The van der Waals surface area contributed by atoms with E-state index >= 15 is 0 Å². The van der Waals surface area contributed by atoms with E-state index in [4.69, 9.17) is 0 Å². The molecule has 0 aliphatic rings. The van der Waals surface area contributed by atoms with Gasteiger partial charge in [0.25, 0.3) is 5.56 Å². The number of aromatic hydroxyl groups is 1. The second-order valence-electron chi connectivity index (χ2n) is 6.28. The number of benzene rings is 1. The van der Waals surface area contributed by atoms with Crippen LogP contribution in [0.4, 0.5) is 0 Å². The number of para-hydroxylation sites is 1. The summed E-state index contributed by atoms with van der Waals surface area (Å²) in [5.74, 6) is -0.285. The van der Waals surface area contributed by atoms with Crippen molar-refractivity contribution in [2.24, 2.45) is 0 Å². The van der Waals surface area contributed by atoms with Crippen LogP contribution in [0.2, 0.25) is 0 Å². The molecule has 0 bridgehead atoms. The van der Waals surface area contributed by atoms with E-state index in [2.05, 4.69) is 11.9 Å². The van der Waals surface area contributed by atoms with E-state index in [1.54, 1.807) is 0 Å². The quantitative estimate of drug-likeness (QED) is 0.642. The maximum absolute atomic E-state index is 13.0. The highest BCUT2D eigenvalue weighted by Gasteiger charge is 2.22. The fourth-order valence-corrected chi connectivity index (χ4v) is 4.00. The number of hydrogen-bond acceptors (Lipinski definition) is 5. The lowest BCUT2D eigenvalue weighted by Gasteiger charge is -2.14. The maximum atomic E-state index is 13.0. The number of hydrogen-bond donors (Lipinski definition) is 1. The Balaban J connectivity index is 2.22. The average molecular weight is 373 g/mol. The van der Waals surface area contributed by atoms with Gasteiger partial charge in [-0.15, -0.1) is 11.3 Å². The first kappa shape index (κ1) is 18.4. The van der Waals surface area contributed by atoms with Crippen LogP contribution < -0.4 is 11.2 Å². The molecule has 26 heavy (non-hydrogen) atoms. The molecule has 0 aliphatic carbocycles. The highest BCUT2D eigenvalue weighted by molar-refractivity contribution is 7.21. The second kappa shape index (κ2) is 7.86. The van der Waals surface area contributed by atoms with Crippen LogP contribution in [0.15, 0.2) is 33.9 Å². The zero-order chi connectivity index (χ0) is 18.7. The van der Waals surface area contributed by atoms with Crippen LogP contribution in [0.25, 0.3) is 20.8 Å². The van der Waals surface area contributed by atoms with E-state index in [0.29, 0.717) is 24.5 Å². The standard InChI is InChI=1S/C19H23N3O3S/c1-3-5-8-12-22-18(24)15(17(23)21(11-4-2)19(22)25)16-20-13-9-6-7-10-14(13)26-16/h6-7,9-10,23H,3-5,8,11-12H2,1-2H3. The molecule has 0 atom stereocenters. The van der Waals surface area contributed by atoms with Crippen LogP contribution in [0.1, 0.15) is 39.5 Å². The lowest BCUT2D eigenvalue weighted by molar-refractivity contribution is 0.387. The summed E-state index contributed by atoms with van der Waals surface area (Å²) in [6.45, 7) is 4.71. The Hall–Kier alpha value is -2.41. The highest BCUT2D eigenvalue weighted by atomic mass is 32.1. The summed E-state index contributed by atoms with van der Waals surface area (Å²) in [5, 5.41) is 11.1. The van der Waals surface area contributed by atoms with Crippen LogP contribution in [0.3, 0.4) is 0 Å². The Bertz CT molecular complexity index is 1000. The molecule has 0 saturated carbocycles. The molecule has 6 nitrogen and oxygen atoms in total. The predicted molar refractivity (Wildman–Crippen MR) is 105 cm³/mol. The Morgan fingerprint density at radius 2 is 1.81 bits per heavy atom. The molecule has 138 valence electrons. The Labute approximate surface area is 155 Å². The van der Waals surface area contributed by atoms with Crippen LogP contribution >= 0.6 is 11.3 Å². The summed E-state index contributed by atoms with van der Waals surface area (Å²) in [6, 6.07) is 7.58. The molecule has 2 aromatic heterocycles. The third-order valence-electron chi connectivity index (χ3n) is 4.34. The van der Waals surface area contributed by atoms with Crippen molar-refractivity contribution >= 4 is 21.6 Å². The number of thiazole rings is 1. The van der Waals surface area contributed by atoms with Gasteiger partial charge in [0.05, 0.1) is 10.2 Å². The molecule has 7 heteroatoms. The van der Waals surface area contributed by atoms with Crippen LogP contribution in [-0.4, -0.2) is 19.2 Å². The van der Waals surface area contributed by atoms with Gasteiger partial charge in [0, 0.05) is 13.1 Å². The van der Waals surface area contributed by atoms with Crippen molar-refractivity contribution in [3.05, 3.63) is 45.1 Å². The van der Waals surface area contributed by atoms with Gasteiger partial charge >= 0.3 is 5.69 Å². The summed E-state index contributed by atoms with van der Waals surface area (Å²) in [4.78, 5) is 30.2. The molecule has 0 saturated heterocycles. The molecule has 1 N–H and O–H groups in total. The zero-order valence-corrected chi connectivity index (χ0v) is 15.9. The van der Waals surface area contributed by atoms with E-state index in [1.165, 1.54) is 20.5 Å². The zero-order valence-electron chi connectivity index (χ0n) is 15.1. The monoisotopic (exact) mass is 373 g/mol. The summed E-state index contributed by atoms with van der Waals surface area (Å²) in [5.41, 5.74) is -0.0156. The molecular formula is C19H23N3O3S. The molecular weight excluding hydrogens is 350 g/mol.